The zero-order valence-electron chi connectivity index (χ0n) is 15.6. The molecule has 148 valence electrons. The third-order valence-electron chi connectivity index (χ3n) is 4.24. The van der Waals surface area contributed by atoms with Gasteiger partial charge in [-0.2, -0.15) is 10.4 Å². The van der Waals surface area contributed by atoms with Gasteiger partial charge in [-0.1, -0.05) is 35.9 Å². The van der Waals surface area contributed by atoms with Gasteiger partial charge in [-0.05, 0) is 29.8 Å². The van der Waals surface area contributed by atoms with Gasteiger partial charge < -0.3 is 4.74 Å². The van der Waals surface area contributed by atoms with E-state index in [4.69, 9.17) is 21.6 Å². The molecule has 0 unspecified atom stereocenters. The summed E-state index contributed by atoms with van der Waals surface area (Å²) in [6, 6.07) is 15.0. The van der Waals surface area contributed by atoms with E-state index in [0.717, 1.165) is 6.26 Å². The second-order valence-electron chi connectivity index (χ2n) is 6.18. The molecule has 0 aliphatic heterocycles. The molecule has 0 saturated carbocycles. The lowest BCUT2D eigenvalue weighted by Crippen LogP contribution is -2.12. The number of methoxy groups -OCH3 is 1. The molecular weight excluding hydrogens is 414 g/mol. The number of halogens is 1. The predicted molar refractivity (Wildman–Crippen MR) is 108 cm³/mol. The smallest absolute Gasteiger partial charge is 0.357 e. The average molecular weight is 430 g/mol. The van der Waals surface area contributed by atoms with E-state index in [2.05, 4.69) is 5.10 Å². The lowest BCUT2D eigenvalue weighted by molar-refractivity contribution is 0.0588. The number of aromatic nitrogens is 2. The van der Waals surface area contributed by atoms with E-state index < -0.39 is 15.8 Å². The van der Waals surface area contributed by atoms with Crippen LogP contribution in [0.3, 0.4) is 0 Å². The molecule has 0 atom stereocenters. The molecule has 9 heteroatoms. The number of nitrogens with zero attached hydrogens (tertiary/aromatic N) is 3. The van der Waals surface area contributed by atoms with Crippen LogP contribution in [0, 0.1) is 11.3 Å². The van der Waals surface area contributed by atoms with Gasteiger partial charge >= 0.3 is 5.97 Å². The van der Waals surface area contributed by atoms with E-state index in [0.29, 0.717) is 27.4 Å². The van der Waals surface area contributed by atoms with Crippen LogP contribution >= 0.6 is 11.6 Å². The van der Waals surface area contributed by atoms with E-state index in [-0.39, 0.29) is 17.1 Å². The van der Waals surface area contributed by atoms with Crippen molar-refractivity contribution in [1.29, 1.82) is 5.26 Å². The molecule has 0 aliphatic rings. The highest BCUT2D eigenvalue weighted by Gasteiger charge is 2.26. The minimum atomic E-state index is -3.36. The fourth-order valence-corrected chi connectivity index (χ4v) is 3.66. The molecule has 0 bridgehead atoms. The van der Waals surface area contributed by atoms with Crippen molar-refractivity contribution in [3.63, 3.8) is 0 Å². The van der Waals surface area contributed by atoms with Crippen LogP contribution in [0.5, 0.6) is 0 Å². The monoisotopic (exact) mass is 429 g/mol. The molecular formula is C20H16ClN3O4S. The Bertz CT molecular complexity index is 1210. The fourth-order valence-electron chi connectivity index (χ4n) is 2.90. The van der Waals surface area contributed by atoms with Crippen LogP contribution in [0.4, 0.5) is 0 Å². The molecule has 0 radical (unpaired) electrons. The fraction of sp³-hybridized carbons (Fsp3) is 0.150. The normalized spacial score (nSPS) is 11.1. The minimum Gasteiger partial charge on any atom is -0.464 e. The summed E-state index contributed by atoms with van der Waals surface area (Å²) in [5, 5.41) is 14.1. The standard InChI is InChI=1S/C20H16ClN3O4S/c1-28-20(25)19-17(13-3-7-15(21)8-4-13)18(23-24(19)12-11-22)14-5-9-16(10-6-14)29(2,26)27/h3-10H,12H2,1-2H3. The van der Waals surface area contributed by atoms with Crippen LogP contribution in [-0.4, -0.2) is 37.5 Å². The van der Waals surface area contributed by atoms with Gasteiger partial charge in [0.2, 0.25) is 0 Å². The Morgan fingerprint density at radius 2 is 1.72 bits per heavy atom. The summed E-state index contributed by atoms with van der Waals surface area (Å²) in [7, 11) is -2.11. The number of esters is 1. The van der Waals surface area contributed by atoms with Crippen molar-refractivity contribution in [3.8, 4) is 28.5 Å². The van der Waals surface area contributed by atoms with Gasteiger partial charge in [0.25, 0.3) is 0 Å². The topological polar surface area (TPSA) is 102 Å². The third-order valence-corrected chi connectivity index (χ3v) is 5.62. The van der Waals surface area contributed by atoms with Crippen molar-refractivity contribution < 1.29 is 17.9 Å². The number of carbonyl (C=O) groups is 1. The maximum Gasteiger partial charge on any atom is 0.357 e. The Hall–Kier alpha value is -3.15. The number of sulfone groups is 1. The van der Waals surface area contributed by atoms with E-state index in [1.165, 1.54) is 23.9 Å². The zero-order chi connectivity index (χ0) is 21.2. The molecule has 0 spiro atoms. The van der Waals surface area contributed by atoms with Gasteiger partial charge in [0.15, 0.2) is 15.5 Å². The van der Waals surface area contributed by atoms with E-state index in [1.54, 1.807) is 36.4 Å². The number of hydrogen-bond donors (Lipinski definition) is 0. The Labute approximate surface area is 173 Å². The second kappa shape index (κ2) is 8.07. The highest BCUT2D eigenvalue weighted by Crippen LogP contribution is 2.36. The van der Waals surface area contributed by atoms with Gasteiger partial charge in [-0.3, -0.25) is 0 Å². The zero-order valence-corrected chi connectivity index (χ0v) is 17.2. The van der Waals surface area contributed by atoms with Crippen molar-refractivity contribution in [2.75, 3.05) is 13.4 Å². The van der Waals surface area contributed by atoms with Crippen molar-refractivity contribution in [3.05, 3.63) is 59.2 Å². The first-order chi connectivity index (χ1) is 13.8. The quantitative estimate of drug-likeness (QED) is 0.574. The average Bonchev–Trinajstić information content (AvgIpc) is 3.07. The largest absolute Gasteiger partial charge is 0.464 e. The van der Waals surface area contributed by atoms with Gasteiger partial charge in [0.05, 0.1) is 18.1 Å². The van der Waals surface area contributed by atoms with E-state index in [1.807, 2.05) is 6.07 Å². The van der Waals surface area contributed by atoms with Crippen LogP contribution < -0.4 is 0 Å². The number of rotatable bonds is 5. The molecule has 29 heavy (non-hydrogen) atoms. The molecule has 1 heterocycles. The molecule has 0 N–H and O–H groups in total. The summed E-state index contributed by atoms with van der Waals surface area (Å²) in [5.41, 5.74) is 2.25. The van der Waals surface area contributed by atoms with Gasteiger partial charge in [0, 0.05) is 22.4 Å². The Kier molecular flexibility index (Phi) is 5.73. The molecule has 2 aromatic carbocycles. The maximum absolute atomic E-state index is 12.5. The molecule has 3 rings (SSSR count). The number of carbonyl (C=O) groups excluding carboxylic acids is 1. The molecule has 0 saturated heterocycles. The third kappa shape index (κ3) is 4.16. The first kappa shape index (κ1) is 20.6. The lowest BCUT2D eigenvalue weighted by atomic mass is 9.99. The molecule has 1 aromatic heterocycles. The van der Waals surface area contributed by atoms with Crippen molar-refractivity contribution >= 4 is 27.4 Å². The summed E-state index contributed by atoms with van der Waals surface area (Å²) in [5.74, 6) is -0.642. The van der Waals surface area contributed by atoms with Crippen LogP contribution in [0.15, 0.2) is 53.4 Å². The van der Waals surface area contributed by atoms with E-state index in [9.17, 15) is 13.2 Å². The van der Waals surface area contributed by atoms with Crippen LogP contribution in [0.1, 0.15) is 10.5 Å². The first-order valence-electron chi connectivity index (χ1n) is 8.38. The highest BCUT2D eigenvalue weighted by atomic mass is 35.5. The van der Waals surface area contributed by atoms with Crippen LogP contribution in [-0.2, 0) is 21.1 Å². The maximum atomic E-state index is 12.5. The number of hydrogen-bond acceptors (Lipinski definition) is 6. The molecule has 0 aliphatic carbocycles. The number of benzene rings is 2. The van der Waals surface area contributed by atoms with Gasteiger partial charge in [-0.25, -0.2) is 17.9 Å². The lowest BCUT2D eigenvalue weighted by Gasteiger charge is -2.07. The molecule has 7 nitrogen and oxygen atoms in total. The Morgan fingerprint density at radius 1 is 1.14 bits per heavy atom. The molecule has 3 aromatic rings. The summed E-state index contributed by atoms with van der Waals surface area (Å²) in [6.07, 6.45) is 1.12. The van der Waals surface area contributed by atoms with E-state index >= 15 is 0 Å². The summed E-state index contributed by atoms with van der Waals surface area (Å²) in [6.45, 7) is -0.160. The van der Waals surface area contributed by atoms with Crippen molar-refractivity contribution in [2.24, 2.45) is 0 Å². The second-order valence-corrected chi connectivity index (χ2v) is 8.64. The van der Waals surface area contributed by atoms with Crippen molar-refractivity contribution in [1.82, 2.24) is 9.78 Å². The first-order valence-corrected chi connectivity index (χ1v) is 10.7. The Balaban J connectivity index is 2.29. The highest BCUT2D eigenvalue weighted by molar-refractivity contribution is 7.90. The van der Waals surface area contributed by atoms with Gasteiger partial charge in [0.1, 0.15) is 12.2 Å². The predicted octanol–water partition coefficient (Wildman–Crippen LogP) is 3.58. The molecule has 0 fully saturated rings. The summed E-state index contributed by atoms with van der Waals surface area (Å²) in [4.78, 5) is 12.7. The van der Waals surface area contributed by atoms with Crippen LogP contribution in [0.2, 0.25) is 5.02 Å². The number of ether oxygens (including phenoxy) is 1. The van der Waals surface area contributed by atoms with Crippen molar-refractivity contribution in [2.45, 2.75) is 11.4 Å². The van der Waals surface area contributed by atoms with Gasteiger partial charge in [-0.15, -0.1) is 0 Å². The number of nitriles is 1. The summed E-state index contributed by atoms with van der Waals surface area (Å²) < 4.78 is 29.7. The summed E-state index contributed by atoms with van der Waals surface area (Å²) >= 11 is 5.99. The van der Waals surface area contributed by atoms with Crippen LogP contribution in [0.25, 0.3) is 22.4 Å². The minimum absolute atomic E-state index is 0.124. The Morgan fingerprint density at radius 3 is 2.24 bits per heavy atom. The SMILES string of the molecule is COC(=O)c1c(-c2ccc(Cl)cc2)c(-c2ccc(S(C)(=O)=O)cc2)nn1CC#N. The molecule has 0 amide bonds.